The summed E-state index contributed by atoms with van der Waals surface area (Å²) in [5, 5.41) is 8.07. The van der Waals surface area contributed by atoms with Gasteiger partial charge in [-0.3, -0.25) is 0 Å². The van der Waals surface area contributed by atoms with E-state index in [0.29, 0.717) is 5.11 Å². The Balaban J connectivity index is 1.35. The number of halogens is 1. The van der Waals surface area contributed by atoms with Gasteiger partial charge in [-0.25, -0.2) is 4.98 Å². The van der Waals surface area contributed by atoms with Crippen LogP contribution < -0.4 is 15.5 Å². The van der Waals surface area contributed by atoms with E-state index in [1.165, 1.54) is 18.4 Å². The number of pyridine rings is 1. The fraction of sp³-hybridized carbons (Fsp3) is 0.500. The Labute approximate surface area is 195 Å². The average Bonchev–Trinajstić information content (AvgIpc) is 2.79. The maximum Gasteiger partial charge on any atom is 0.170 e. The van der Waals surface area contributed by atoms with Crippen molar-refractivity contribution in [2.45, 2.75) is 38.0 Å². The number of piperidine rings is 1. The molecule has 2 N–H and O–H groups in total. The van der Waals surface area contributed by atoms with Crippen LogP contribution in [-0.2, 0) is 10.2 Å². The van der Waals surface area contributed by atoms with E-state index in [2.05, 4.69) is 51.7 Å². The van der Waals surface area contributed by atoms with Gasteiger partial charge in [0.1, 0.15) is 5.82 Å². The van der Waals surface area contributed by atoms with Crippen molar-refractivity contribution in [2.75, 3.05) is 43.1 Å². The summed E-state index contributed by atoms with van der Waals surface area (Å²) >= 11 is 11.9. The van der Waals surface area contributed by atoms with Gasteiger partial charge in [0.2, 0.25) is 0 Å². The van der Waals surface area contributed by atoms with Crippen molar-refractivity contribution in [3.63, 3.8) is 0 Å². The lowest BCUT2D eigenvalue weighted by atomic mass is 9.74. The molecule has 7 heteroatoms. The Hall–Kier alpha value is -1.89. The second-order valence-electron chi connectivity index (χ2n) is 8.79. The predicted molar refractivity (Wildman–Crippen MR) is 132 cm³/mol. The summed E-state index contributed by atoms with van der Waals surface area (Å²) in [6, 6.07) is 12.3. The first kappa shape index (κ1) is 22.3. The molecule has 31 heavy (non-hydrogen) atoms. The molecule has 1 aromatic carbocycles. The molecular formula is C24H31ClN4OS. The van der Waals surface area contributed by atoms with Crippen molar-refractivity contribution < 1.29 is 4.74 Å². The molecule has 2 aromatic rings. The van der Waals surface area contributed by atoms with Crippen LogP contribution in [0.3, 0.4) is 0 Å². The summed E-state index contributed by atoms with van der Waals surface area (Å²) in [5.74, 6) is 1.85. The van der Waals surface area contributed by atoms with Crippen LogP contribution in [0.25, 0.3) is 0 Å². The summed E-state index contributed by atoms with van der Waals surface area (Å²) in [7, 11) is 0. The Morgan fingerprint density at radius 1 is 1.23 bits per heavy atom. The van der Waals surface area contributed by atoms with Crippen LogP contribution in [0.1, 0.15) is 38.2 Å². The molecule has 5 nitrogen and oxygen atoms in total. The second kappa shape index (κ2) is 10.2. The largest absolute Gasteiger partial charge is 0.381 e. The van der Waals surface area contributed by atoms with E-state index in [-0.39, 0.29) is 5.41 Å². The molecule has 2 aliphatic rings. The number of thiocarbonyl (C=S) groups is 1. The zero-order valence-electron chi connectivity index (χ0n) is 18.1. The zero-order valence-corrected chi connectivity index (χ0v) is 19.6. The third kappa shape index (κ3) is 5.68. The van der Waals surface area contributed by atoms with E-state index in [4.69, 9.17) is 28.6 Å². The summed E-state index contributed by atoms with van der Waals surface area (Å²) in [6.45, 7) is 6.71. The van der Waals surface area contributed by atoms with Gasteiger partial charge >= 0.3 is 0 Å². The quantitative estimate of drug-likeness (QED) is 0.614. The first-order valence-corrected chi connectivity index (χ1v) is 11.9. The standard InChI is InChI=1S/C24H31ClN4OS/c1-18-7-11-29(12-8-18)22-6-5-21(16-26-22)28-23(31)27-17-24(9-13-30-14-10-24)19-3-2-4-20(25)15-19/h2-6,15-16,18H,7-14,17H2,1H3,(H2,27,28,31). The molecule has 0 bridgehead atoms. The Morgan fingerprint density at radius 2 is 2.00 bits per heavy atom. The van der Waals surface area contributed by atoms with Gasteiger partial charge in [0, 0.05) is 43.3 Å². The van der Waals surface area contributed by atoms with E-state index in [9.17, 15) is 0 Å². The lowest BCUT2D eigenvalue weighted by molar-refractivity contribution is 0.0515. The minimum absolute atomic E-state index is 0.0393. The van der Waals surface area contributed by atoms with E-state index < -0.39 is 0 Å². The molecule has 0 saturated carbocycles. The number of hydrogen-bond acceptors (Lipinski definition) is 4. The van der Waals surface area contributed by atoms with E-state index in [0.717, 1.165) is 68.1 Å². The van der Waals surface area contributed by atoms with Crippen molar-refractivity contribution in [3.05, 3.63) is 53.2 Å². The molecule has 0 radical (unpaired) electrons. The van der Waals surface area contributed by atoms with Crippen LogP contribution in [0, 0.1) is 5.92 Å². The van der Waals surface area contributed by atoms with Gasteiger partial charge in [-0.15, -0.1) is 0 Å². The fourth-order valence-corrected chi connectivity index (χ4v) is 4.84. The van der Waals surface area contributed by atoms with Crippen molar-refractivity contribution in [2.24, 2.45) is 5.92 Å². The maximum atomic E-state index is 6.27. The predicted octanol–water partition coefficient (Wildman–Crippen LogP) is 5.01. The molecule has 0 atom stereocenters. The van der Waals surface area contributed by atoms with Gasteiger partial charge in [0.25, 0.3) is 0 Å². The van der Waals surface area contributed by atoms with Crippen molar-refractivity contribution >= 4 is 40.4 Å². The minimum Gasteiger partial charge on any atom is -0.381 e. The Bertz CT molecular complexity index is 877. The highest BCUT2D eigenvalue weighted by atomic mass is 35.5. The molecule has 0 aliphatic carbocycles. The molecule has 166 valence electrons. The number of nitrogens with one attached hydrogen (secondary N) is 2. The van der Waals surface area contributed by atoms with Gasteiger partial charge in [-0.1, -0.05) is 30.7 Å². The normalized spacial score (nSPS) is 19.1. The van der Waals surface area contributed by atoms with Crippen molar-refractivity contribution in [1.29, 1.82) is 0 Å². The maximum absolute atomic E-state index is 6.27. The molecule has 0 spiro atoms. The first-order chi connectivity index (χ1) is 15.0. The number of rotatable bonds is 5. The molecule has 2 fully saturated rings. The molecule has 2 aliphatic heterocycles. The Kier molecular flexibility index (Phi) is 7.31. The summed E-state index contributed by atoms with van der Waals surface area (Å²) in [5.41, 5.74) is 2.10. The SMILES string of the molecule is CC1CCN(c2ccc(NC(=S)NCC3(c4cccc(Cl)c4)CCOCC3)cn2)CC1. The summed E-state index contributed by atoms with van der Waals surface area (Å²) in [4.78, 5) is 7.01. The number of nitrogens with zero attached hydrogens (tertiary/aromatic N) is 2. The molecule has 0 unspecified atom stereocenters. The number of anilines is 2. The molecule has 0 amide bonds. The van der Waals surface area contributed by atoms with E-state index in [1.54, 1.807) is 0 Å². The van der Waals surface area contributed by atoms with Crippen LogP contribution in [0.2, 0.25) is 5.02 Å². The minimum atomic E-state index is -0.0393. The first-order valence-electron chi connectivity index (χ1n) is 11.1. The summed E-state index contributed by atoms with van der Waals surface area (Å²) in [6.07, 6.45) is 6.20. The van der Waals surface area contributed by atoms with Crippen LogP contribution in [0.4, 0.5) is 11.5 Å². The lowest BCUT2D eigenvalue weighted by Gasteiger charge is -2.38. The fourth-order valence-electron chi connectivity index (χ4n) is 4.46. The van der Waals surface area contributed by atoms with Crippen molar-refractivity contribution in [3.8, 4) is 0 Å². The van der Waals surface area contributed by atoms with Crippen LogP contribution in [0.15, 0.2) is 42.6 Å². The van der Waals surface area contributed by atoms with Crippen LogP contribution >= 0.6 is 23.8 Å². The topological polar surface area (TPSA) is 49.4 Å². The third-order valence-corrected chi connectivity index (χ3v) is 7.07. The lowest BCUT2D eigenvalue weighted by Crippen LogP contribution is -2.45. The smallest absolute Gasteiger partial charge is 0.170 e. The van der Waals surface area contributed by atoms with E-state index >= 15 is 0 Å². The molecular weight excluding hydrogens is 428 g/mol. The van der Waals surface area contributed by atoms with Crippen LogP contribution in [-0.4, -0.2) is 42.9 Å². The van der Waals surface area contributed by atoms with Crippen LogP contribution in [0.5, 0.6) is 0 Å². The average molecular weight is 459 g/mol. The number of hydrogen-bond donors (Lipinski definition) is 2. The molecule has 2 saturated heterocycles. The monoisotopic (exact) mass is 458 g/mol. The zero-order chi connectivity index (χ0) is 21.7. The highest BCUT2D eigenvalue weighted by molar-refractivity contribution is 7.80. The molecule has 1 aromatic heterocycles. The summed E-state index contributed by atoms with van der Waals surface area (Å²) < 4.78 is 5.62. The second-order valence-corrected chi connectivity index (χ2v) is 9.63. The number of benzene rings is 1. The number of aromatic nitrogens is 1. The third-order valence-electron chi connectivity index (χ3n) is 6.59. The Morgan fingerprint density at radius 3 is 2.68 bits per heavy atom. The highest BCUT2D eigenvalue weighted by Crippen LogP contribution is 2.35. The molecule has 4 rings (SSSR count). The molecule has 3 heterocycles. The van der Waals surface area contributed by atoms with Gasteiger partial charge in [-0.05, 0) is 73.6 Å². The van der Waals surface area contributed by atoms with Gasteiger partial charge in [0.15, 0.2) is 5.11 Å². The van der Waals surface area contributed by atoms with Crippen molar-refractivity contribution in [1.82, 2.24) is 10.3 Å². The van der Waals surface area contributed by atoms with Gasteiger partial charge in [0.05, 0.1) is 11.9 Å². The van der Waals surface area contributed by atoms with Gasteiger partial charge in [-0.2, -0.15) is 0 Å². The highest BCUT2D eigenvalue weighted by Gasteiger charge is 2.34. The van der Waals surface area contributed by atoms with Gasteiger partial charge < -0.3 is 20.3 Å². The number of ether oxygens (including phenoxy) is 1. The van der Waals surface area contributed by atoms with E-state index in [1.807, 2.05) is 18.3 Å².